The number of anilines is 1. The van der Waals surface area contributed by atoms with Crippen molar-refractivity contribution in [2.24, 2.45) is 5.92 Å². The minimum absolute atomic E-state index is 0.252. The first kappa shape index (κ1) is 19.9. The van der Waals surface area contributed by atoms with Crippen LogP contribution in [0.3, 0.4) is 0 Å². The molecule has 1 aliphatic rings. The number of nitrogens with zero attached hydrogens (tertiary/aromatic N) is 1. The lowest BCUT2D eigenvalue weighted by Crippen LogP contribution is -2.44. The van der Waals surface area contributed by atoms with Gasteiger partial charge in [0.05, 0.1) is 0 Å². The summed E-state index contributed by atoms with van der Waals surface area (Å²) < 4.78 is 0. The van der Waals surface area contributed by atoms with E-state index in [1.807, 2.05) is 38.1 Å². The first-order valence-electron chi connectivity index (χ1n) is 9.17. The van der Waals surface area contributed by atoms with Gasteiger partial charge in [0.2, 0.25) is 5.91 Å². The summed E-state index contributed by atoms with van der Waals surface area (Å²) in [5, 5.41) is 5.57. The van der Waals surface area contributed by atoms with Crippen LogP contribution in [0.25, 0.3) is 0 Å². The Labute approximate surface area is 155 Å². The maximum atomic E-state index is 12.7. The molecular formula is C20H29N3O3. The fourth-order valence-electron chi connectivity index (χ4n) is 3.09. The predicted octanol–water partition coefficient (Wildman–Crippen LogP) is 3.50. The van der Waals surface area contributed by atoms with Gasteiger partial charge >= 0.3 is 6.03 Å². The predicted molar refractivity (Wildman–Crippen MR) is 102 cm³/mol. The number of imide groups is 1. The molecule has 1 aromatic rings. The molecule has 2 rings (SSSR count). The molecule has 1 atom stereocenters. The van der Waals surface area contributed by atoms with Crippen molar-refractivity contribution >= 4 is 23.5 Å². The molecule has 0 aromatic heterocycles. The van der Waals surface area contributed by atoms with Gasteiger partial charge in [-0.25, -0.2) is 4.79 Å². The summed E-state index contributed by atoms with van der Waals surface area (Å²) >= 11 is 0. The Morgan fingerprint density at radius 3 is 2.46 bits per heavy atom. The SMILES string of the molecule is CC(C)CC[C@@]1(C)NC(=O)N(CC(=O)Nc2ccccc2C(C)C)C1=O. The summed E-state index contributed by atoms with van der Waals surface area (Å²) in [5.74, 6) is -0.0332. The second kappa shape index (κ2) is 7.89. The first-order chi connectivity index (χ1) is 12.1. The van der Waals surface area contributed by atoms with Crippen molar-refractivity contribution in [1.82, 2.24) is 10.2 Å². The van der Waals surface area contributed by atoms with E-state index in [-0.39, 0.29) is 24.3 Å². The summed E-state index contributed by atoms with van der Waals surface area (Å²) in [6.45, 7) is 9.67. The number of hydrogen-bond donors (Lipinski definition) is 2. The number of amides is 4. The minimum atomic E-state index is -0.933. The molecule has 6 heteroatoms. The van der Waals surface area contributed by atoms with Crippen LogP contribution < -0.4 is 10.6 Å². The maximum Gasteiger partial charge on any atom is 0.325 e. The number of nitrogens with one attached hydrogen (secondary N) is 2. The van der Waals surface area contributed by atoms with Gasteiger partial charge in [-0.05, 0) is 43.2 Å². The standard InChI is InChI=1S/C20H29N3O3/c1-13(2)10-11-20(5)18(25)23(19(26)22-20)12-17(24)21-16-9-7-6-8-15(16)14(3)4/h6-9,13-14H,10-12H2,1-5H3,(H,21,24)(H,22,26)/t20-/m1/s1. The molecule has 0 bridgehead atoms. The maximum absolute atomic E-state index is 12.7. The average Bonchev–Trinajstić information content (AvgIpc) is 2.77. The Morgan fingerprint density at radius 1 is 1.19 bits per heavy atom. The molecule has 0 saturated carbocycles. The summed E-state index contributed by atoms with van der Waals surface area (Å²) in [7, 11) is 0. The largest absolute Gasteiger partial charge is 0.325 e. The molecule has 1 aliphatic heterocycles. The fourth-order valence-corrected chi connectivity index (χ4v) is 3.09. The van der Waals surface area contributed by atoms with Gasteiger partial charge in [0.1, 0.15) is 12.1 Å². The summed E-state index contributed by atoms with van der Waals surface area (Å²) in [5.41, 5.74) is 0.791. The van der Waals surface area contributed by atoms with Crippen molar-refractivity contribution < 1.29 is 14.4 Å². The third-order valence-electron chi connectivity index (χ3n) is 4.73. The molecule has 26 heavy (non-hydrogen) atoms. The Hall–Kier alpha value is -2.37. The van der Waals surface area contributed by atoms with Crippen LogP contribution in [0.1, 0.15) is 58.9 Å². The lowest BCUT2D eigenvalue weighted by molar-refractivity contribution is -0.133. The van der Waals surface area contributed by atoms with E-state index >= 15 is 0 Å². The summed E-state index contributed by atoms with van der Waals surface area (Å²) in [6, 6.07) is 7.04. The molecule has 142 valence electrons. The van der Waals surface area contributed by atoms with Gasteiger partial charge in [-0.15, -0.1) is 0 Å². The highest BCUT2D eigenvalue weighted by atomic mass is 16.2. The molecule has 1 aromatic carbocycles. The number of urea groups is 1. The molecular weight excluding hydrogens is 330 g/mol. The molecule has 6 nitrogen and oxygen atoms in total. The van der Waals surface area contributed by atoms with E-state index in [2.05, 4.69) is 24.5 Å². The zero-order valence-electron chi connectivity index (χ0n) is 16.3. The van der Waals surface area contributed by atoms with Crippen LogP contribution in [0.2, 0.25) is 0 Å². The van der Waals surface area contributed by atoms with E-state index in [4.69, 9.17) is 0 Å². The molecule has 0 radical (unpaired) electrons. The van der Waals surface area contributed by atoms with Gasteiger partial charge in [-0.3, -0.25) is 14.5 Å². The zero-order chi connectivity index (χ0) is 19.5. The van der Waals surface area contributed by atoms with Crippen LogP contribution in [-0.2, 0) is 9.59 Å². The highest BCUT2D eigenvalue weighted by Gasteiger charge is 2.47. The fraction of sp³-hybridized carbons (Fsp3) is 0.550. The molecule has 4 amide bonds. The van der Waals surface area contributed by atoms with Gasteiger partial charge in [0, 0.05) is 5.69 Å². The Balaban J connectivity index is 2.05. The Bertz CT molecular complexity index is 699. The van der Waals surface area contributed by atoms with E-state index in [9.17, 15) is 14.4 Å². The van der Waals surface area contributed by atoms with Gasteiger partial charge in [0.25, 0.3) is 5.91 Å². The first-order valence-corrected chi connectivity index (χ1v) is 9.17. The van der Waals surface area contributed by atoms with Gasteiger partial charge in [-0.2, -0.15) is 0 Å². The quantitative estimate of drug-likeness (QED) is 0.732. The average molecular weight is 359 g/mol. The van der Waals surface area contributed by atoms with Crippen molar-refractivity contribution in [3.63, 3.8) is 0 Å². The number of carbonyl (C=O) groups excluding carboxylic acids is 3. The normalized spacial score (nSPS) is 20.0. The molecule has 1 heterocycles. The van der Waals surface area contributed by atoms with Crippen molar-refractivity contribution in [3.05, 3.63) is 29.8 Å². The van der Waals surface area contributed by atoms with E-state index in [1.54, 1.807) is 6.92 Å². The van der Waals surface area contributed by atoms with Gasteiger partial charge < -0.3 is 10.6 Å². The van der Waals surface area contributed by atoms with E-state index in [0.717, 1.165) is 16.9 Å². The molecule has 1 saturated heterocycles. The van der Waals surface area contributed by atoms with Crippen molar-refractivity contribution in [2.75, 3.05) is 11.9 Å². The molecule has 1 fully saturated rings. The number of rotatable bonds is 7. The molecule has 2 N–H and O–H groups in total. The second-order valence-electron chi connectivity index (χ2n) is 7.88. The number of carbonyl (C=O) groups is 3. The van der Waals surface area contributed by atoms with E-state index in [1.165, 1.54) is 0 Å². The van der Waals surface area contributed by atoms with Gasteiger partial charge in [0.15, 0.2) is 0 Å². The monoisotopic (exact) mass is 359 g/mol. The number of hydrogen-bond acceptors (Lipinski definition) is 3. The minimum Gasteiger partial charge on any atom is -0.324 e. The van der Waals surface area contributed by atoms with Gasteiger partial charge in [-0.1, -0.05) is 45.9 Å². The van der Waals surface area contributed by atoms with Crippen LogP contribution in [0.15, 0.2) is 24.3 Å². The molecule has 0 spiro atoms. The van der Waals surface area contributed by atoms with E-state index < -0.39 is 11.6 Å². The topological polar surface area (TPSA) is 78.5 Å². The number of para-hydroxylation sites is 1. The molecule has 0 unspecified atom stereocenters. The summed E-state index contributed by atoms with van der Waals surface area (Å²) in [6.07, 6.45) is 1.38. The van der Waals surface area contributed by atoms with Crippen molar-refractivity contribution in [3.8, 4) is 0 Å². The van der Waals surface area contributed by atoms with Crippen LogP contribution in [-0.4, -0.2) is 34.8 Å². The van der Waals surface area contributed by atoms with Crippen molar-refractivity contribution in [1.29, 1.82) is 0 Å². The summed E-state index contributed by atoms with van der Waals surface area (Å²) in [4.78, 5) is 38.3. The lowest BCUT2D eigenvalue weighted by Gasteiger charge is -2.22. The van der Waals surface area contributed by atoms with Crippen LogP contribution in [0.4, 0.5) is 10.5 Å². The third-order valence-corrected chi connectivity index (χ3v) is 4.73. The highest BCUT2D eigenvalue weighted by Crippen LogP contribution is 2.26. The Morgan fingerprint density at radius 2 is 1.85 bits per heavy atom. The lowest BCUT2D eigenvalue weighted by atomic mass is 9.92. The smallest absolute Gasteiger partial charge is 0.324 e. The molecule has 0 aliphatic carbocycles. The highest BCUT2D eigenvalue weighted by molar-refractivity contribution is 6.10. The van der Waals surface area contributed by atoms with Crippen LogP contribution in [0.5, 0.6) is 0 Å². The van der Waals surface area contributed by atoms with Crippen molar-refractivity contribution in [2.45, 2.75) is 58.9 Å². The van der Waals surface area contributed by atoms with E-state index in [0.29, 0.717) is 18.0 Å². The second-order valence-corrected chi connectivity index (χ2v) is 7.88. The number of benzene rings is 1. The van der Waals surface area contributed by atoms with Crippen LogP contribution in [0, 0.1) is 5.92 Å². The zero-order valence-corrected chi connectivity index (χ0v) is 16.3. The Kier molecular flexibility index (Phi) is 6.05. The van der Waals surface area contributed by atoms with Crippen LogP contribution >= 0.6 is 0 Å². The third kappa shape index (κ3) is 4.42.